The number of benzene rings is 1. The van der Waals surface area contributed by atoms with E-state index in [0.717, 1.165) is 11.3 Å². The van der Waals surface area contributed by atoms with Crippen LogP contribution >= 0.6 is 0 Å². The minimum Gasteiger partial charge on any atom is -0.484 e. The smallest absolute Gasteiger partial charge is 0.253 e. The van der Waals surface area contributed by atoms with Crippen LogP contribution in [-0.4, -0.2) is 10.2 Å². The third kappa shape index (κ3) is 3.04. The van der Waals surface area contributed by atoms with Crippen molar-refractivity contribution in [3.05, 3.63) is 41.6 Å². The van der Waals surface area contributed by atoms with Crippen LogP contribution in [0, 0.1) is 6.92 Å². The second-order valence-corrected chi connectivity index (χ2v) is 3.86. The van der Waals surface area contributed by atoms with Crippen LogP contribution in [0.1, 0.15) is 30.3 Å². The van der Waals surface area contributed by atoms with E-state index < -0.39 is 0 Å². The lowest BCUT2D eigenvalue weighted by Crippen LogP contribution is -2.05. The summed E-state index contributed by atoms with van der Waals surface area (Å²) in [6, 6.07) is 7.65. The second-order valence-electron chi connectivity index (χ2n) is 3.86. The zero-order valence-electron chi connectivity index (χ0n) is 9.88. The molecule has 0 bridgehead atoms. The van der Waals surface area contributed by atoms with E-state index in [2.05, 4.69) is 10.2 Å². The Morgan fingerprint density at radius 2 is 2.24 bits per heavy atom. The van der Waals surface area contributed by atoms with Gasteiger partial charge in [-0.15, -0.1) is 10.2 Å². The molecule has 1 atom stereocenters. The predicted octanol–water partition coefficient (Wildman–Crippen LogP) is 1.98. The SMILES string of the molecule is Cc1nnc(COc2cccc([C@@H](C)N)c2)o1. The number of ether oxygens (including phenoxy) is 1. The van der Waals surface area contributed by atoms with E-state index in [1.165, 1.54) is 0 Å². The zero-order valence-corrected chi connectivity index (χ0v) is 9.88. The zero-order chi connectivity index (χ0) is 12.3. The van der Waals surface area contributed by atoms with E-state index in [1.54, 1.807) is 6.92 Å². The van der Waals surface area contributed by atoms with Crippen molar-refractivity contribution < 1.29 is 9.15 Å². The van der Waals surface area contributed by atoms with Gasteiger partial charge in [0.15, 0.2) is 6.61 Å². The highest BCUT2D eigenvalue weighted by molar-refractivity contribution is 5.30. The van der Waals surface area contributed by atoms with Gasteiger partial charge >= 0.3 is 0 Å². The van der Waals surface area contributed by atoms with Gasteiger partial charge in [-0.1, -0.05) is 12.1 Å². The highest BCUT2D eigenvalue weighted by atomic mass is 16.5. The number of nitrogens with two attached hydrogens (primary N) is 1. The molecule has 1 aromatic heterocycles. The van der Waals surface area contributed by atoms with Crippen LogP contribution in [0.2, 0.25) is 0 Å². The van der Waals surface area contributed by atoms with Crippen LogP contribution in [-0.2, 0) is 6.61 Å². The lowest BCUT2D eigenvalue weighted by molar-refractivity contribution is 0.260. The lowest BCUT2D eigenvalue weighted by Gasteiger charge is -2.08. The molecular weight excluding hydrogens is 218 g/mol. The normalized spacial score (nSPS) is 12.4. The van der Waals surface area contributed by atoms with Gasteiger partial charge < -0.3 is 14.9 Å². The molecule has 2 rings (SSSR count). The van der Waals surface area contributed by atoms with Crippen LogP contribution in [0.3, 0.4) is 0 Å². The van der Waals surface area contributed by atoms with Crippen molar-refractivity contribution in [1.29, 1.82) is 0 Å². The molecule has 0 amide bonds. The van der Waals surface area contributed by atoms with Crippen LogP contribution < -0.4 is 10.5 Å². The average molecular weight is 233 g/mol. The van der Waals surface area contributed by atoms with E-state index >= 15 is 0 Å². The molecule has 2 N–H and O–H groups in total. The monoisotopic (exact) mass is 233 g/mol. The van der Waals surface area contributed by atoms with Crippen LogP contribution in [0.25, 0.3) is 0 Å². The number of hydrogen-bond donors (Lipinski definition) is 1. The molecule has 0 radical (unpaired) electrons. The average Bonchev–Trinajstić information content (AvgIpc) is 2.73. The summed E-state index contributed by atoms with van der Waals surface area (Å²) in [5.41, 5.74) is 6.83. The summed E-state index contributed by atoms with van der Waals surface area (Å²) in [5.74, 6) is 1.75. The van der Waals surface area contributed by atoms with Crippen LogP contribution in [0.5, 0.6) is 5.75 Å². The Morgan fingerprint density at radius 3 is 2.88 bits per heavy atom. The fourth-order valence-electron chi connectivity index (χ4n) is 1.43. The first-order chi connectivity index (χ1) is 8.15. The van der Waals surface area contributed by atoms with Gasteiger partial charge in [-0.25, -0.2) is 0 Å². The van der Waals surface area contributed by atoms with Crippen molar-refractivity contribution in [3.63, 3.8) is 0 Å². The summed E-state index contributed by atoms with van der Waals surface area (Å²) in [7, 11) is 0. The van der Waals surface area contributed by atoms with Gasteiger partial charge in [-0.3, -0.25) is 0 Å². The maximum Gasteiger partial charge on any atom is 0.253 e. The minimum atomic E-state index is -0.0100. The topological polar surface area (TPSA) is 74.2 Å². The highest BCUT2D eigenvalue weighted by Gasteiger charge is 2.05. The van der Waals surface area contributed by atoms with Crippen LogP contribution in [0.4, 0.5) is 0 Å². The first kappa shape index (κ1) is 11.6. The first-order valence-electron chi connectivity index (χ1n) is 5.42. The number of hydrogen-bond acceptors (Lipinski definition) is 5. The predicted molar refractivity (Wildman–Crippen MR) is 62.4 cm³/mol. The largest absolute Gasteiger partial charge is 0.484 e. The molecule has 17 heavy (non-hydrogen) atoms. The summed E-state index contributed by atoms with van der Waals surface area (Å²) in [6.45, 7) is 3.94. The molecule has 0 saturated heterocycles. The van der Waals surface area contributed by atoms with Gasteiger partial charge in [0.25, 0.3) is 5.89 Å². The van der Waals surface area contributed by atoms with Crippen molar-refractivity contribution in [3.8, 4) is 5.75 Å². The maximum atomic E-state index is 5.80. The van der Waals surface area contributed by atoms with Crippen molar-refractivity contribution in [2.24, 2.45) is 5.73 Å². The van der Waals surface area contributed by atoms with E-state index in [9.17, 15) is 0 Å². The van der Waals surface area contributed by atoms with E-state index in [4.69, 9.17) is 14.9 Å². The van der Waals surface area contributed by atoms with Crippen molar-refractivity contribution in [1.82, 2.24) is 10.2 Å². The van der Waals surface area contributed by atoms with Gasteiger partial charge in [0.2, 0.25) is 5.89 Å². The number of rotatable bonds is 4. The van der Waals surface area contributed by atoms with E-state index in [0.29, 0.717) is 11.8 Å². The van der Waals surface area contributed by atoms with Gasteiger partial charge in [-0.2, -0.15) is 0 Å². The fourth-order valence-corrected chi connectivity index (χ4v) is 1.43. The number of aromatic nitrogens is 2. The Balaban J connectivity index is 2.01. The first-order valence-corrected chi connectivity index (χ1v) is 5.42. The minimum absolute atomic E-state index is 0.0100. The molecule has 1 heterocycles. The molecule has 0 saturated carbocycles. The molecular formula is C12H15N3O2. The van der Waals surface area contributed by atoms with Crippen molar-refractivity contribution >= 4 is 0 Å². The maximum absolute atomic E-state index is 5.80. The molecule has 0 fully saturated rings. The molecule has 0 unspecified atom stereocenters. The Labute approximate surface area is 99.6 Å². The Kier molecular flexibility index (Phi) is 3.39. The molecule has 0 aliphatic carbocycles. The third-order valence-electron chi connectivity index (χ3n) is 2.31. The molecule has 0 aliphatic rings. The van der Waals surface area contributed by atoms with Crippen molar-refractivity contribution in [2.75, 3.05) is 0 Å². The molecule has 90 valence electrons. The molecule has 5 heteroatoms. The Bertz CT molecular complexity index is 494. The quantitative estimate of drug-likeness (QED) is 0.873. The number of nitrogens with zero attached hydrogens (tertiary/aromatic N) is 2. The highest BCUT2D eigenvalue weighted by Crippen LogP contribution is 2.18. The van der Waals surface area contributed by atoms with Crippen molar-refractivity contribution in [2.45, 2.75) is 26.5 Å². The fraction of sp³-hybridized carbons (Fsp3) is 0.333. The summed E-state index contributed by atoms with van der Waals surface area (Å²) in [4.78, 5) is 0. The summed E-state index contributed by atoms with van der Waals surface area (Å²) in [6.07, 6.45) is 0. The van der Waals surface area contributed by atoms with E-state index in [-0.39, 0.29) is 12.6 Å². The van der Waals surface area contributed by atoms with Crippen LogP contribution in [0.15, 0.2) is 28.7 Å². The Hall–Kier alpha value is -1.88. The van der Waals surface area contributed by atoms with Gasteiger partial charge in [0.1, 0.15) is 5.75 Å². The molecule has 2 aromatic rings. The second kappa shape index (κ2) is 4.97. The molecule has 0 spiro atoms. The Morgan fingerprint density at radius 1 is 1.41 bits per heavy atom. The molecule has 0 aliphatic heterocycles. The molecule has 5 nitrogen and oxygen atoms in total. The summed E-state index contributed by atoms with van der Waals surface area (Å²) >= 11 is 0. The molecule has 1 aromatic carbocycles. The third-order valence-corrected chi connectivity index (χ3v) is 2.31. The van der Waals surface area contributed by atoms with Gasteiger partial charge in [0.05, 0.1) is 0 Å². The summed E-state index contributed by atoms with van der Waals surface area (Å²) < 4.78 is 10.8. The standard InChI is InChI=1S/C12H15N3O2/c1-8(13)10-4-3-5-11(6-10)16-7-12-15-14-9(2)17-12/h3-6,8H,7,13H2,1-2H3/t8-/m1/s1. The lowest BCUT2D eigenvalue weighted by atomic mass is 10.1. The van der Waals surface area contributed by atoms with Gasteiger partial charge in [0, 0.05) is 13.0 Å². The number of aryl methyl sites for hydroxylation is 1. The summed E-state index contributed by atoms with van der Waals surface area (Å²) in [5, 5.41) is 7.58. The van der Waals surface area contributed by atoms with E-state index in [1.807, 2.05) is 31.2 Å². The van der Waals surface area contributed by atoms with Gasteiger partial charge in [-0.05, 0) is 24.6 Å².